The lowest BCUT2D eigenvalue weighted by Crippen LogP contribution is -2.43. The maximum atomic E-state index is 12.7. The van der Waals surface area contributed by atoms with E-state index < -0.39 is 12.1 Å². The van der Waals surface area contributed by atoms with Gasteiger partial charge < -0.3 is 20.4 Å². The molecule has 0 fully saturated rings. The van der Waals surface area contributed by atoms with Crippen LogP contribution < -0.4 is 10.6 Å². The van der Waals surface area contributed by atoms with Crippen LogP contribution in [0.5, 0.6) is 0 Å². The molecule has 4 amide bonds. The van der Waals surface area contributed by atoms with Crippen molar-refractivity contribution in [1.29, 1.82) is 0 Å². The number of benzene rings is 2. The molecule has 0 saturated carbocycles. The molecule has 2 atom stereocenters. The van der Waals surface area contributed by atoms with E-state index in [1.54, 1.807) is 35.8 Å². The van der Waals surface area contributed by atoms with Gasteiger partial charge in [-0.15, -0.1) is 0 Å². The van der Waals surface area contributed by atoms with E-state index in [-0.39, 0.29) is 23.6 Å². The number of hydrogen-bond acceptors (Lipinski definition) is 4. The van der Waals surface area contributed by atoms with Crippen molar-refractivity contribution in [2.45, 2.75) is 38.8 Å². The van der Waals surface area contributed by atoms with E-state index in [1.165, 1.54) is 0 Å². The van der Waals surface area contributed by atoms with Gasteiger partial charge in [-0.1, -0.05) is 74.6 Å². The summed E-state index contributed by atoms with van der Waals surface area (Å²) in [5.41, 5.74) is 3.23. The summed E-state index contributed by atoms with van der Waals surface area (Å²) >= 11 is 0. The SMILES string of the molecule is CCC(=O)N1CC=C[C@H]1C(=O)Nc1ccc(C=Cc2ccc(NC(=O)[C@@H]3C=CCN3C(=O)CC)cc2)cc1. The van der Waals surface area contributed by atoms with Crippen LogP contribution in [-0.4, -0.2) is 58.6 Å². The predicted octanol–water partition coefficient (Wildman–Crippen LogP) is 4.09. The first kappa shape index (κ1) is 26.6. The second kappa shape index (κ2) is 12.2. The van der Waals surface area contributed by atoms with E-state index in [1.807, 2.05) is 72.8 Å². The normalized spacial score (nSPS) is 18.3. The Kier molecular flexibility index (Phi) is 8.53. The highest BCUT2D eigenvalue weighted by atomic mass is 16.2. The van der Waals surface area contributed by atoms with Crippen molar-refractivity contribution in [3.63, 3.8) is 0 Å². The maximum absolute atomic E-state index is 12.7. The zero-order valence-corrected chi connectivity index (χ0v) is 21.6. The van der Waals surface area contributed by atoms with Crippen LogP contribution in [0.25, 0.3) is 12.2 Å². The Labute approximate surface area is 222 Å². The van der Waals surface area contributed by atoms with Crippen molar-refractivity contribution in [3.05, 3.63) is 84.0 Å². The molecule has 0 spiro atoms. The average molecular weight is 513 g/mol. The van der Waals surface area contributed by atoms with Crippen LogP contribution in [-0.2, 0) is 19.2 Å². The number of rotatable bonds is 8. The van der Waals surface area contributed by atoms with Gasteiger partial charge in [0.15, 0.2) is 0 Å². The first-order valence-electron chi connectivity index (χ1n) is 12.8. The highest BCUT2D eigenvalue weighted by Gasteiger charge is 2.30. The number of amides is 4. The van der Waals surface area contributed by atoms with Gasteiger partial charge >= 0.3 is 0 Å². The fraction of sp³-hybridized carbons (Fsp3) is 0.267. The Morgan fingerprint density at radius 1 is 0.684 bits per heavy atom. The van der Waals surface area contributed by atoms with Crippen molar-refractivity contribution < 1.29 is 19.2 Å². The molecule has 8 heteroatoms. The van der Waals surface area contributed by atoms with E-state index >= 15 is 0 Å². The average Bonchev–Trinajstić information content (AvgIpc) is 3.63. The molecule has 0 saturated heterocycles. The quantitative estimate of drug-likeness (QED) is 0.411. The molecule has 38 heavy (non-hydrogen) atoms. The van der Waals surface area contributed by atoms with E-state index in [4.69, 9.17) is 0 Å². The van der Waals surface area contributed by atoms with E-state index in [0.717, 1.165) is 11.1 Å². The second-order valence-electron chi connectivity index (χ2n) is 9.10. The zero-order chi connectivity index (χ0) is 27.1. The van der Waals surface area contributed by atoms with E-state index in [9.17, 15) is 19.2 Å². The van der Waals surface area contributed by atoms with Gasteiger partial charge in [-0.25, -0.2) is 0 Å². The Balaban J connectivity index is 1.30. The summed E-state index contributed by atoms with van der Waals surface area (Å²) in [6.45, 7) is 4.48. The highest BCUT2D eigenvalue weighted by molar-refractivity contribution is 6.00. The first-order valence-corrected chi connectivity index (χ1v) is 12.8. The van der Waals surface area contributed by atoms with Crippen molar-refractivity contribution in [2.24, 2.45) is 0 Å². The minimum Gasteiger partial charge on any atom is -0.324 e. The predicted molar refractivity (Wildman–Crippen MR) is 149 cm³/mol. The van der Waals surface area contributed by atoms with Crippen molar-refractivity contribution in [1.82, 2.24) is 9.80 Å². The maximum Gasteiger partial charge on any atom is 0.251 e. The number of hydrogen-bond donors (Lipinski definition) is 2. The molecule has 4 rings (SSSR count). The van der Waals surface area contributed by atoms with Gasteiger partial charge in [0.25, 0.3) is 11.8 Å². The molecular weight excluding hydrogens is 480 g/mol. The first-order chi connectivity index (χ1) is 18.4. The molecule has 2 heterocycles. The number of carbonyl (C=O) groups is 4. The Morgan fingerprint density at radius 3 is 1.39 bits per heavy atom. The summed E-state index contributed by atoms with van der Waals surface area (Å²) in [4.78, 5) is 52.5. The summed E-state index contributed by atoms with van der Waals surface area (Å²) in [6.07, 6.45) is 11.8. The van der Waals surface area contributed by atoms with Crippen LogP contribution in [0.2, 0.25) is 0 Å². The molecule has 2 aromatic rings. The molecule has 0 aromatic heterocycles. The largest absolute Gasteiger partial charge is 0.324 e. The zero-order valence-electron chi connectivity index (χ0n) is 21.6. The molecule has 2 aromatic carbocycles. The Hall–Kier alpha value is -4.46. The summed E-state index contributed by atoms with van der Waals surface area (Å²) in [5.74, 6) is -0.562. The fourth-order valence-electron chi connectivity index (χ4n) is 4.40. The third-order valence-electron chi connectivity index (χ3n) is 6.52. The van der Waals surface area contributed by atoms with Crippen LogP contribution in [0.15, 0.2) is 72.8 Å². The van der Waals surface area contributed by atoms with Crippen LogP contribution in [0, 0.1) is 0 Å². The highest BCUT2D eigenvalue weighted by Crippen LogP contribution is 2.19. The van der Waals surface area contributed by atoms with Crippen LogP contribution >= 0.6 is 0 Å². The lowest BCUT2D eigenvalue weighted by atomic mass is 10.1. The molecule has 0 unspecified atom stereocenters. The van der Waals surface area contributed by atoms with Gasteiger partial charge in [-0.3, -0.25) is 19.2 Å². The molecule has 0 radical (unpaired) electrons. The minimum absolute atomic E-state index is 0.0490. The number of nitrogens with zero attached hydrogens (tertiary/aromatic N) is 2. The van der Waals surface area contributed by atoms with Gasteiger partial charge in [0.2, 0.25) is 11.8 Å². The third kappa shape index (κ3) is 6.26. The number of carbonyl (C=O) groups excluding carboxylic acids is 4. The molecule has 8 nitrogen and oxygen atoms in total. The van der Waals surface area contributed by atoms with Crippen LogP contribution in [0.4, 0.5) is 11.4 Å². The van der Waals surface area contributed by atoms with Gasteiger partial charge in [-0.05, 0) is 35.4 Å². The molecule has 2 aliphatic rings. The van der Waals surface area contributed by atoms with Crippen molar-refractivity contribution in [3.8, 4) is 0 Å². The third-order valence-corrected chi connectivity index (χ3v) is 6.52. The molecular formula is C30H32N4O4. The topological polar surface area (TPSA) is 98.8 Å². The fourth-order valence-corrected chi connectivity index (χ4v) is 4.40. The van der Waals surface area contributed by atoms with E-state index in [0.29, 0.717) is 37.3 Å². The van der Waals surface area contributed by atoms with E-state index in [2.05, 4.69) is 10.6 Å². The lowest BCUT2D eigenvalue weighted by molar-refractivity contribution is -0.135. The summed E-state index contributed by atoms with van der Waals surface area (Å²) in [7, 11) is 0. The van der Waals surface area contributed by atoms with Gasteiger partial charge in [-0.2, -0.15) is 0 Å². The second-order valence-corrected chi connectivity index (χ2v) is 9.10. The molecule has 0 bridgehead atoms. The summed E-state index contributed by atoms with van der Waals surface area (Å²) in [6, 6.07) is 13.7. The van der Waals surface area contributed by atoms with Crippen molar-refractivity contribution >= 4 is 47.2 Å². The molecule has 2 aliphatic heterocycles. The van der Waals surface area contributed by atoms with Gasteiger partial charge in [0.1, 0.15) is 12.1 Å². The standard InChI is InChI=1S/C30H32N4O4/c1-3-27(35)33-19-5-7-25(33)29(37)31-23-15-11-21(12-16-23)9-10-22-13-17-24(18-14-22)32-30(38)26-8-6-20-34(26)28(36)4-2/h5-18,25-26H,3-4,19-20H2,1-2H3,(H,31,37)(H,32,38)/t25-,26-/m0/s1. The number of nitrogens with one attached hydrogen (secondary N) is 2. The monoisotopic (exact) mass is 512 g/mol. The minimum atomic E-state index is -0.581. The molecule has 0 aliphatic carbocycles. The van der Waals surface area contributed by atoms with Gasteiger partial charge in [0, 0.05) is 37.3 Å². The van der Waals surface area contributed by atoms with Gasteiger partial charge in [0.05, 0.1) is 0 Å². The molecule has 2 N–H and O–H groups in total. The van der Waals surface area contributed by atoms with Crippen molar-refractivity contribution in [2.75, 3.05) is 23.7 Å². The summed E-state index contributed by atoms with van der Waals surface area (Å²) in [5, 5.41) is 5.76. The Bertz CT molecular complexity index is 1180. The Morgan fingerprint density at radius 2 is 1.05 bits per heavy atom. The number of anilines is 2. The van der Waals surface area contributed by atoms with Crippen LogP contribution in [0.3, 0.4) is 0 Å². The lowest BCUT2D eigenvalue weighted by Gasteiger charge is -2.23. The summed E-state index contributed by atoms with van der Waals surface area (Å²) < 4.78 is 0. The smallest absolute Gasteiger partial charge is 0.251 e. The van der Waals surface area contributed by atoms with Crippen LogP contribution in [0.1, 0.15) is 37.8 Å². The molecule has 196 valence electrons.